The number of carbonyl (C=O) groups excluding carboxylic acids is 1. The van der Waals surface area contributed by atoms with Crippen LogP contribution in [0.15, 0.2) is 54.9 Å². The summed E-state index contributed by atoms with van der Waals surface area (Å²) in [5.74, 6) is 3.15. The van der Waals surface area contributed by atoms with E-state index in [9.17, 15) is 4.79 Å². The van der Waals surface area contributed by atoms with Crippen LogP contribution in [-0.4, -0.2) is 65.9 Å². The first-order chi connectivity index (χ1) is 17.2. The Morgan fingerprint density at radius 1 is 1.03 bits per heavy atom. The number of fused-ring (bicyclic) bond motifs is 2. The van der Waals surface area contributed by atoms with E-state index in [1.54, 1.807) is 24.0 Å². The van der Waals surface area contributed by atoms with E-state index in [-0.39, 0.29) is 6.79 Å². The Bertz CT molecular complexity index is 1380. The number of anilines is 1. The molecule has 0 radical (unpaired) electrons. The highest BCUT2D eigenvalue weighted by Crippen LogP contribution is 2.34. The lowest BCUT2D eigenvalue weighted by atomic mass is 10.1. The number of methoxy groups -OCH3 is 1. The van der Waals surface area contributed by atoms with E-state index in [1.165, 1.54) is 5.56 Å². The molecule has 0 spiro atoms. The largest absolute Gasteiger partial charge is 0.497 e. The maximum atomic E-state index is 12.2. The zero-order valence-corrected chi connectivity index (χ0v) is 19.4. The molecule has 0 unspecified atom stereocenters. The molecule has 9 heteroatoms. The third-order valence-corrected chi connectivity index (χ3v) is 6.56. The number of aromatic nitrogens is 3. The number of hydrogen-bond donors (Lipinski definition) is 0. The first kappa shape index (κ1) is 21.4. The lowest BCUT2D eigenvalue weighted by Crippen LogP contribution is -2.46. The fourth-order valence-corrected chi connectivity index (χ4v) is 4.73. The molecule has 4 heterocycles. The minimum Gasteiger partial charge on any atom is -0.497 e. The van der Waals surface area contributed by atoms with Crippen molar-refractivity contribution in [1.82, 2.24) is 19.5 Å². The lowest BCUT2D eigenvalue weighted by Gasteiger charge is -2.35. The van der Waals surface area contributed by atoms with Gasteiger partial charge in [0.1, 0.15) is 17.0 Å². The molecule has 4 aromatic rings. The van der Waals surface area contributed by atoms with Gasteiger partial charge in [0.05, 0.1) is 12.7 Å². The van der Waals surface area contributed by atoms with Gasteiger partial charge in [-0.2, -0.15) is 5.10 Å². The van der Waals surface area contributed by atoms with Crippen LogP contribution in [0.25, 0.3) is 16.8 Å². The summed E-state index contributed by atoms with van der Waals surface area (Å²) in [7, 11) is 1.63. The zero-order chi connectivity index (χ0) is 23.8. The average molecular weight is 472 g/mol. The Hall–Kier alpha value is -4.11. The maximum absolute atomic E-state index is 12.2. The van der Waals surface area contributed by atoms with E-state index in [0.717, 1.165) is 73.2 Å². The second-order valence-electron chi connectivity index (χ2n) is 8.60. The molecular formula is C26H25N5O4. The van der Waals surface area contributed by atoms with Crippen molar-refractivity contribution in [3.05, 3.63) is 66.0 Å². The van der Waals surface area contributed by atoms with Crippen LogP contribution in [0.1, 0.15) is 15.9 Å². The number of piperazine rings is 1. The Kier molecular flexibility index (Phi) is 5.46. The molecule has 2 aliphatic heterocycles. The summed E-state index contributed by atoms with van der Waals surface area (Å²) in [6.07, 6.45) is 4.40. The van der Waals surface area contributed by atoms with Crippen LogP contribution in [0.5, 0.6) is 17.2 Å². The van der Waals surface area contributed by atoms with Crippen LogP contribution in [0.4, 0.5) is 5.82 Å². The minimum absolute atomic E-state index is 0.285. The van der Waals surface area contributed by atoms with Crippen LogP contribution < -0.4 is 19.1 Å². The van der Waals surface area contributed by atoms with E-state index in [1.807, 2.05) is 30.3 Å². The van der Waals surface area contributed by atoms with Crippen LogP contribution in [0, 0.1) is 0 Å². The highest BCUT2D eigenvalue weighted by atomic mass is 16.7. The molecule has 1 fully saturated rings. The van der Waals surface area contributed by atoms with Crippen molar-refractivity contribution in [2.75, 3.05) is 45.0 Å². The molecule has 0 bridgehead atoms. The first-order valence-corrected chi connectivity index (χ1v) is 11.6. The van der Waals surface area contributed by atoms with Crippen molar-refractivity contribution in [3.63, 3.8) is 0 Å². The van der Waals surface area contributed by atoms with Gasteiger partial charge in [-0.15, -0.1) is 0 Å². The Morgan fingerprint density at radius 2 is 1.83 bits per heavy atom. The minimum atomic E-state index is 0.285. The number of nitrogens with zero attached hydrogens (tertiary/aromatic N) is 5. The summed E-state index contributed by atoms with van der Waals surface area (Å²) in [5.41, 5.74) is 3.97. The second kappa shape index (κ2) is 8.92. The molecule has 0 N–H and O–H groups in total. The standard InChI is InChI=1S/C26H25N5O4/c1-33-20-5-3-19(4-6-20)24-21(16-32)25-26(27-8-9-31(25)28-24)30-12-10-29(11-13-30)15-18-2-7-22-23(14-18)35-17-34-22/h2-9,14,16H,10-13,15,17H2,1H3. The van der Waals surface area contributed by atoms with Crippen molar-refractivity contribution < 1.29 is 19.0 Å². The van der Waals surface area contributed by atoms with Crippen molar-refractivity contribution >= 4 is 17.6 Å². The maximum Gasteiger partial charge on any atom is 0.231 e. The fourth-order valence-electron chi connectivity index (χ4n) is 4.73. The van der Waals surface area contributed by atoms with Gasteiger partial charge in [0.15, 0.2) is 23.6 Å². The Labute approximate surface area is 202 Å². The van der Waals surface area contributed by atoms with Gasteiger partial charge in [-0.3, -0.25) is 9.69 Å². The summed E-state index contributed by atoms with van der Waals surface area (Å²) in [5, 5.41) is 4.71. The molecule has 6 rings (SSSR count). The zero-order valence-electron chi connectivity index (χ0n) is 19.4. The van der Waals surface area contributed by atoms with Crippen LogP contribution in [-0.2, 0) is 6.54 Å². The fraction of sp³-hybridized carbons (Fsp3) is 0.269. The number of aldehydes is 1. The van der Waals surface area contributed by atoms with Crippen molar-refractivity contribution in [3.8, 4) is 28.5 Å². The third kappa shape index (κ3) is 3.93. The van der Waals surface area contributed by atoms with Crippen molar-refractivity contribution in [2.24, 2.45) is 0 Å². The molecule has 0 saturated carbocycles. The Balaban J connectivity index is 1.23. The van der Waals surface area contributed by atoms with E-state index < -0.39 is 0 Å². The van der Waals surface area contributed by atoms with Gasteiger partial charge in [0.25, 0.3) is 0 Å². The topological polar surface area (TPSA) is 81.4 Å². The van der Waals surface area contributed by atoms with E-state index in [2.05, 4.69) is 26.9 Å². The van der Waals surface area contributed by atoms with E-state index in [0.29, 0.717) is 11.3 Å². The smallest absolute Gasteiger partial charge is 0.231 e. The number of benzene rings is 2. The summed E-state index contributed by atoms with van der Waals surface area (Å²) in [6, 6.07) is 13.7. The molecule has 35 heavy (non-hydrogen) atoms. The molecule has 0 amide bonds. The number of carbonyl (C=O) groups is 1. The molecule has 9 nitrogen and oxygen atoms in total. The molecule has 0 aliphatic carbocycles. The summed E-state index contributed by atoms with van der Waals surface area (Å²) >= 11 is 0. The molecule has 2 aliphatic rings. The lowest BCUT2D eigenvalue weighted by molar-refractivity contribution is 0.112. The first-order valence-electron chi connectivity index (χ1n) is 11.6. The predicted molar refractivity (Wildman–Crippen MR) is 130 cm³/mol. The van der Waals surface area contributed by atoms with Gasteiger partial charge in [-0.25, -0.2) is 9.50 Å². The molecule has 2 aromatic carbocycles. The summed E-state index contributed by atoms with van der Waals surface area (Å²) < 4.78 is 17.9. The normalized spacial score (nSPS) is 15.5. The van der Waals surface area contributed by atoms with Crippen LogP contribution >= 0.6 is 0 Å². The van der Waals surface area contributed by atoms with E-state index in [4.69, 9.17) is 19.3 Å². The van der Waals surface area contributed by atoms with Gasteiger partial charge in [-0.05, 0) is 42.0 Å². The second-order valence-corrected chi connectivity index (χ2v) is 8.60. The van der Waals surface area contributed by atoms with Crippen molar-refractivity contribution in [2.45, 2.75) is 6.54 Å². The van der Waals surface area contributed by atoms with Gasteiger partial charge in [0, 0.05) is 50.7 Å². The van der Waals surface area contributed by atoms with Gasteiger partial charge >= 0.3 is 0 Å². The SMILES string of the molecule is COc1ccc(-c2nn3ccnc(N4CCN(Cc5ccc6c(c5)OCO6)CC4)c3c2C=O)cc1. The Morgan fingerprint density at radius 3 is 2.60 bits per heavy atom. The van der Waals surface area contributed by atoms with Gasteiger partial charge in [-0.1, -0.05) is 6.07 Å². The molecule has 178 valence electrons. The summed E-state index contributed by atoms with van der Waals surface area (Å²) in [4.78, 5) is 21.5. The average Bonchev–Trinajstić information content (AvgIpc) is 3.53. The number of rotatable bonds is 6. The number of hydrogen-bond acceptors (Lipinski definition) is 8. The van der Waals surface area contributed by atoms with E-state index >= 15 is 0 Å². The quantitative estimate of drug-likeness (QED) is 0.397. The highest BCUT2D eigenvalue weighted by Gasteiger charge is 2.24. The molecule has 0 atom stereocenters. The van der Waals surface area contributed by atoms with Crippen LogP contribution in [0.3, 0.4) is 0 Å². The van der Waals surface area contributed by atoms with Crippen LogP contribution in [0.2, 0.25) is 0 Å². The highest BCUT2D eigenvalue weighted by molar-refractivity contribution is 5.98. The van der Waals surface area contributed by atoms with Gasteiger partial charge < -0.3 is 19.1 Å². The molecule has 1 saturated heterocycles. The number of ether oxygens (including phenoxy) is 3. The monoisotopic (exact) mass is 471 g/mol. The summed E-state index contributed by atoms with van der Waals surface area (Å²) in [6.45, 7) is 4.50. The van der Waals surface area contributed by atoms with Crippen molar-refractivity contribution in [1.29, 1.82) is 0 Å². The molecule has 2 aromatic heterocycles. The van der Waals surface area contributed by atoms with Gasteiger partial charge in [0.2, 0.25) is 6.79 Å². The predicted octanol–water partition coefficient (Wildman–Crippen LogP) is 3.27. The third-order valence-electron chi connectivity index (χ3n) is 6.56. The molecular weight excluding hydrogens is 446 g/mol.